The van der Waals surface area contributed by atoms with Crippen molar-refractivity contribution < 1.29 is 13.9 Å². The molecule has 1 aliphatic rings. The second-order valence-electron chi connectivity index (χ2n) is 11.5. The summed E-state index contributed by atoms with van der Waals surface area (Å²) in [4.78, 5) is 40.3. The second-order valence-corrected chi connectivity index (χ2v) is 11.5. The molecule has 0 N–H and O–H groups in total. The van der Waals surface area contributed by atoms with Gasteiger partial charge >= 0.3 is 5.97 Å². The molecule has 2 aromatic carbocycles. The number of hydrogen-bond donors (Lipinski definition) is 0. The highest BCUT2D eigenvalue weighted by Crippen LogP contribution is 2.34. The molecule has 2 aromatic heterocycles. The Morgan fingerprint density at radius 2 is 1.74 bits per heavy atom. The molecule has 1 fully saturated rings. The summed E-state index contributed by atoms with van der Waals surface area (Å²) < 4.78 is 22.9. The van der Waals surface area contributed by atoms with Gasteiger partial charge in [-0.05, 0) is 62.9 Å². The molecule has 0 amide bonds. The van der Waals surface area contributed by atoms with Gasteiger partial charge in [0.1, 0.15) is 11.4 Å². The first-order valence-electron chi connectivity index (χ1n) is 14.7. The van der Waals surface area contributed by atoms with E-state index in [1.54, 1.807) is 36.0 Å². The van der Waals surface area contributed by atoms with Crippen LogP contribution >= 0.6 is 0 Å². The zero-order chi connectivity index (χ0) is 30.7. The molecule has 0 unspecified atom stereocenters. The molecule has 0 aliphatic carbocycles. The van der Waals surface area contributed by atoms with Crippen molar-refractivity contribution in [1.82, 2.24) is 24.2 Å². The smallest absolute Gasteiger partial charge is 0.325 e. The third-order valence-corrected chi connectivity index (χ3v) is 8.30. The number of hydrogen-bond acceptors (Lipinski definition) is 7. The number of rotatable bonds is 9. The topological polar surface area (TPSA) is 85.5 Å². The fourth-order valence-corrected chi connectivity index (χ4v) is 5.90. The first-order chi connectivity index (χ1) is 20.6. The monoisotopic (exact) mass is 586 g/mol. The molecule has 0 saturated carbocycles. The number of ether oxygens (including phenoxy) is 1. The quantitative estimate of drug-likeness (QED) is 0.253. The van der Waals surface area contributed by atoms with Gasteiger partial charge in [-0.2, -0.15) is 0 Å². The normalized spacial score (nSPS) is 14.6. The molecule has 4 aromatic rings. The summed E-state index contributed by atoms with van der Waals surface area (Å²) in [6.07, 6.45) is 3.06. The first-order valence-corrected chi connectivity index (χ1v) is 14.7. The number of aromatic nitrogens is 4. The van der Waals surface area contributed by atoms with Crippen LogP contribution < -0.4 is 10.5 Å². The Bertz CT molecular complexity index is 1620. The van der Waals surface area contributed by atoms with Crippen molar-refractivity contribution in [2.45, 2.75) is 51.7 Å². The lowest BCUT2D eigenvalue weighted by Gasteiger charge is -2.41. The van der Waals surface area contributed by atoms with Crippen molar-refractivity contribution in [2.75, 3.05) is 31.6 Å². The Labute approximate surface area is 251 Å². The molecule has 1 aliphatic heterocycles. The summed E-state index contributed by atoms with van der Waals surface area (Å²) in [5, 5.41) is 0. The maximum absolute atomic E-state index is 14.2. The van der Waals surface area contributed by atoms with Crippen LogP contribution in [0.2, 0.25) is 0 Å². The molecule has 43 heavy (non-hydrogen) atoms. The average Bonchev–Trinajstić information content (AvgIpc) is 3.27. The van der Waals surface area contributed by atoms with E-state index in [4.69, 9.17) is 9.72 Å². The fourth-order valence-electron chi connectivity index (χ4n) is 5.90. The van der Waals surface area contributed by atoms with Gasteiger partial charge in [-0.1, -0.05) is 42.5 Å². The van der Waals surface area contributed by atoms with Gasteiger partial charge in [0.2, 0.25) is 5.95 Å². The van der Waals surface area contributed by atoms with Crippen LogP contribution in [0, 0.1) is 5.82 Å². The molecular weight excluding hydrogens is 547 g/mol. The summed E-state index contributed by atoms with van der Waals surface area (Å²) in [7, 11) is 3.80. The van der Waals surface area contributed by atoms with E-state index in [0.717, 1.165) is 5.56 Å². The predicted molar refractivity (Wildman–Crippen MR) is 165 cm³/mol. The first kappa shape index (κ1) is 30.2. The Morgan fingerprint density at radius 1 is 1.07 bits per heavy atom. The number of carbonyl (C=O) groups is 1. The standard InChI is InChI=1S/C33H39FN6O3/c1-6-43-31(42)33(2,3)39-20-17-26(18-21-39)40-30(41)28(24-12-14-25(34)15-13-24)29(38(40)5)27-16-19-35-32(36-27)37(4)22-23-10-8-7-9-11-23/h7-16,19,26H,6,17-18,20-22H2,1-5H3. The van der Waals surface area contributed by atoms with Gasteiger partial charge in [0.05, 0.1) is 29.6 Å². The van der Waals surface area contributed by atoms with Crippen molar-refractivity contribution in [3.63, 3.8) is 0 Å². The maximum atomic E-state index is 14.2. The lowest BCUT2D eigenvalue weighted by atomic mass is 9.96. The minimum Gasteiger partial charge on any atom is -0.465 e. The highest BCUT2D eigenvalue weighted by Gasteiger charge is 2.39. The number of piperidine rings is 1. The van der Waals surface area contributed by atoms with E-state index in [9.17, 15) is 14.0 Å². The van der Waals surface area contributed by atoms with Crippen LogP contribution in [-0.2, 0) is 23.1 Å². The molecule has 0 radical (unpaired) electrons. The van der Waals surface area contributed by atoms with Crippen molar-refractivity contribution in [1.29, 1.82) is 0 Å². The van der Waals surface area contributed by atoms with Crippen molar-refractivity contribution in [2.24, 2.45) is 7.05 Å². The van der Waals surface area contributed by atoms with Crippen LogP contribution in [0.3, 0.4) is 0 Å². The Hall–Kier alpha value is -4.31. The van der Waals surface area contributed by atoms with Crippen molar-refractivity contribution in [3.8, 4) is 22.5 Å². The van der Waals surface area contributed by atoms with Gasteiger partial charge < -0.3 is 9.64 Å². The molecule has 1 saturated heterocycles. The van der Waals surface area contributed by atoms with E-state index < -0.39 is 5.54 Å². The number of likely N-dealkylation sites (tertiary alicyclic amines) is 1. The summed E-state index contributed by atoms with van der Waals surface area (Å²) in [5.74, 6) is -0.0896. The van der Waals surface area contributed by atoms with Gasteiger partial charge in [-0.15, -0.1) is 0 Å². The lowest BCUT2D eigenvalue weighted by molar-refractivity contribution is -0.156. The summed E-state index contributed by atoms with van der Waals surface area (Å²) >= 11 is 0. The van der Waals surface area contributed by atoms with Crippen LogP contribution in [0.5, 0.6) is 0 Å². The summed E-state index contributed by atoms with van der Waals surface area (Å²) in [6, 6.07) is 17.8. The highest BCUT2D eigenvalue weighted by atomic mass is 19.1. The number of nitrogens with zero attached hydrogens (tertiary/aromatic N) is 6. The molecule has 226 valence electrons. The Balaban J connectivity index is 1.52. The molecule has 9 nitrogen and oxygen atoms in total. The molecule has 0 atom stereocenters. The fraction of sp³-hybridized carbons (Fsp3) is 0.394. The number of anilines is 1. The zero-order valence-electron chi connectivity index (χ0n) is 25.5. The van der Waals surface area contributed by atoms with E-state index >= 15 is 0 Å². The third-order valence-electron chi connectivity index (χ3n) is 8.30. The van der Waals surface area contributed by atoms with E-state index in [0.29, 0.717) is 67.5 Å². The van der Waals surface area contributed by atoms with Gasteiger partial charge in [0.25, 0.3) is 5.56 Å². The van der Waals surface area contributed by atoms with Crippen LogP contribution in [0.25, 0.3) is 22.5 Å². The maximum Gasteiger partial charge on any atom is 0.325 e. The van der Waals surface area contributed by atoms with Gasteiger partial charge in [-0.25, -0.2) is 19.0 Å². The van der Waals surface area contributed by atoms with Crippen LogP contribution in [0.1, 0.15) is 45.2 Å². The molecular formula is C33H39FN6O3. The van der Waals surface area contributed by atoms with E-state index in [2.05, 4.69) is 22.0 Å². The van der Waals surface area contributed by atoms with Gasteiger partial charge in [-0.3, -0.25) is 19.2 Å². The molecule has 3 heterocycles. The SMILES string of the molecule is CCOC(=O)C(C)(C)N1CCC(n2c(=O)c(-c3ccc(F)cc3)c(-c3ccnc(N(C)Cc4ccccc4)n3)n2C)CC1. The van der Waals surface area contributed by atoms with Gasteiger partial charge in [0, 0.05) is 39.9 Å². The van der Waals surface area contributed by atoms with Crippen molar-refractivity contribution >= 4 is 11.9 Å². The Morgan fingerprint density at radius 3 is 2.40 bits per heavy atom. The number of esters is 1. The minimum absolute atomic E-state index is 0.0956. The van der Waals surface area contributed by atoms with E-state index in [1.807, 2.05) is 55.7 Å². The molecule has 10 heteroatoms. The number of benzene rings is 2. The van der Waals surface area contributed by atoms with E-state index in [1.165, 1.54) is 12.1 Å². The summed E-state index contributed by atoms with van der Waals surface area (Å²) in [5.41, 5.74) is 2.54. The van der Waals surface area contributed by atoms with E-state index in [-0.39, 0.29) is 23.4 Å². The zero-order valence-corrected chi connectivity index (χ0v) is 25.5. The highest BCUT2D eigenvalue weighted by molar-refractivity contribution is 5.80. The molecule has 0 bridgehead atoms. The van der Waals surface area contributed by atoms with Gasteiger partial charge in [0.15, 0.2) is 0 Å². The number of carbonyl (C=O) groups excluding carboxylic acids is 1. The second kappa shape index (κ2) is 12.5. The number of halogens is 1. The van der Waals surface area contributed by atoms with Crippen LogP contribution in [-0.4, -0.2) is 62.5 Å². The molecule has 0 spiro atoms. The third kappa shape index (κ3) is 6.10. The lowest BCUT2D eigenvalue weighted by Crippen LogP contribution is -2.54. The summed E-state index contributed by atoms with van der Waals surface area (Å²) in [6.45, 7) is 7.79. The van der Waals surface area contributed by atoms with Crippen molar-refractivity contribution in [3.05, 3.63) is 88.6 Å². The Kier molecular flexibility index (Phi) is 8.77. The molecule has 5 rings (SSSR count). The van der Waals surface area contributed by atoms with Crippen LogP contribution in [0.15, 0.2) is 71.7 Å². The predicted octanol–water partition coefficient (Wildman–Crippen LogP) is 5.06. The van der Waals surface area contributed by atoms with Crippen LogP contribution in [0.4, 0.5) is 10.3 Å². The largest absolute Gasteiger partial charge is 0.465 e. The minimum atomic E-state index is -0.756. The average molecular weight is 587 g/mol.